The summed E-state index contributed by atoms with van der Waals surface area (Å²) in [6, 6.07) is 19.5. The number of aromatic nitrogens is 2. The number of nitrogens with zero attached hydrogens (tertiary/aromatic N) is 2. The van der Waals surface area contributed by atoms with Gasteiger partial charge in [-0.15, -0.1) is 0 Å². The Hall–Kier alpha value is -3.79. The number of aromatic amines is 1. The van der Waals surface area contributed by atoms with Crippen LogP contribution in [0.4, 0.5) is 0 Å². The third kappa shape index (κ3) is 5.01. The predicted molar refractivity (Wildman–Crippen MR) is 130 cm³/mol. The van der Waals surface area contributed by atoms with Crippen molar-refractivity contribution in [3.05, 3.63) is 98.0 Å². The fourth-order valence-electron chi connectivity index (χ4n) is 3.22. The smallest absolute Gasteiger partial charge is 0.259 e. The minimum absolute atomic E-state index is 0.192. The van der Waals surface area contributed by atoms with Gasteiger partial charge in [0.15, 0.2) is 17.3 Å². The summed E-state index contributed by atoms with van der Waals surface area (Å²) in [6.07, 6.45) is 1.62. The van der Waals surface area contributed by atoms with E-state index < -0.39 is 0 Å². The molecule has 0 amide bonds. The number of para-hydroxylation sites is 1. The van der Waals surface area contributed by atoms with Gasteiger partial charge in [0, 0.05) is 15.6 Å². The highest BCUT2D eigenvalue weighted by Crippen LogP contribution is 2.31. The summed E-state index contributed by atoms with van der Waals surface area (Å²) in [5.74, 6) is 1.18. The molecule has 0 fully saturated rings. The van der Waals surface area contributed by atoms with E-state index in [1.165, 1.54) is 7.11 Å². The summed E-state index contributed by atoms with van der Waals surface area (Å²) in [6.45, 7) is 0.229. The van der Waals surface area contributed by atoms with Gasteiger partial charge in [-0.3, -0.25) is 4.79 Å². The van der Waals surface area contributed by atoms with Crippen LogP contribution in [0.15, 0.2) is 65.5 Å². The Morgan fingerprint density at radius 2 is 1.94 bits per heavy atom. The zero-order valence-electron chi connectivity index (χ0n) is 17.4. The van der Waals surface area contributed by atoms with Gasteiger partial charge in [-0.05, 0) is 48.0 Å². The summed E-state index contributed by atoms with van der Waals surface area (Å²) in [7, 11) is 1.53. The van der Waals surface area contributed by atoms with Gasteiger partial charge >= 0.3 is 0 Å². The molecular weight excluding hydrogens is 461 g/mol. The molecule has 0 spiro atoms. The Balaban J connectivity index is 1.62. The Morgan fingerprint density at radius 3 is 2.70 bits per heavy atom. The summed E-state index contributed by atoms with van der Waals surface area (Å²) in [4.78, 5) is 19.5. The van der Waals surface area contributed by atoms with Gasteiger partial charge in [0.25, 0.3) is 5.56 Å². The molecule has 4 rings (SSSR count). The van der Waals surface area contributed by atoms with Crippen LogP contribution in [0, 0.1) is 11.3 Å². The first-order chi connectivity index (χ1) is 16.0. The van der Waals surface area contributed by atoms with E-state index in [1.54, 1.807) is 66.7 Å². The molecule has 3 aromatic carbocycles. The fourth-order valence-corrected chi connectivity index (χ4v) is 3.68. The quantitative estimate of drug-likeness (QED) is 0.350. The predicted octanol–water partition coefficient (Wildman–Crippen LogP) is 5.88. The summed E-state index contributed by atoms with van der Waals surface area (Å²) in [5, 5.41) is 11.2. The molecule has 0 unspecified atom stereocenters. The Bertz CT molecular complexity index is 1470. The zero-order valence-corrected chi connectivity index (χ0v) is 18.9. The lowest BCUT2D eigenvalue weighted by Gasteiger charge is -2.12. The molecule has 1 aromatic heterocycles. The highest BCUT2D eigenvalue weighted by atomic mass is 35.5. The first kappa shape index (κ1) is 22.4. The number of H-pyrrole nitrogens is 1. The molecule has 0 aliphatic carbocycles. The lowest BCUT2D eigenvalue weighted by atomic mass is 10.1. The third-order valence-electron chi connectivity index (χ3n) is 4.89. The number of fused-ring (bicyclic) bond motifs is 1. The number of methoxy groups -OCH3 is 1. The standard InChI is InChI=1S/C25H17Cl2N3O3/c1-32-23-11-15(6-9-22(23)33-14-16-7-8-18(26)12-20(16)27)10-17(13-28)24-29-21-5-3-2-4-19(21)25(31)30-24/h2-12H,14H2,1H3,(H,29,30,31). The lowest BCUT2D eigenvalue weighted by Crippen LogP contribution is -2.11. The van der Waals surface area contributed by atoms with E-state index in [-0.39, 0.29) is 23.6 Å². The minimum atomic E-state index is -0.307. The molecule has 0 radical (unpaired) electrons. The molecule has 4 aromatic rings. The van der Waals surface area contributed by atoms with Crippen molar-refractivity contribution in [2.24, 2.45) is 0 Å². The average Bonchev–Trinajstić information content (AvgIpc) is 2.82. The van der Waals surface area contributed by atoms with E-state index in [0.717, 1.165) is 5.56 Å². The largest absolute Gasteiger partial charge is 0.493 e. The second-order valence-electron chi connectivity index (χ2n) is 7.04. The molecular formula is C25H17Cl2N3O3. The second kappa shape index (κ2) is 9.78. The highest BCUT2D eigenvalue weighted by Gasteiger charge is 2.11. The van der Waals surface area contributed by atoms with Gasteiger partial charge in [-0.1, -0.05) is 47.5 Å². The third-order valence-corrected chi connectivity index (χ3v) is 5.47. The molecule has 0 bridgehead atoms. The van der Waals surface area contributed by atoms with Crippen molar-refractivity contribution in [2.75, 3.05) is 7.11 Å². The maximum atomic E-state index is 12.4. The van der Waals surface area contributed by atoms with Crippen molar-refractivity contribution in [3.63, 3.8) is 0 Å². The van der Waals surface area contributed by atoms with Crippen LogP contribution in [0.5, 0.6) is 11.5 Å². The van der Waals surface area contributed by atoms with E-state index in [2.05, 4.69) is 16.0 Å². The number of rotatable bonds is 6. The van der Waals surface area contributed by atoms with Crippen LogP contribution < -0.4 is 15.0 Å². The maximum Gasteiger partial charge on any atom is 0.259 e. The number of ether oxygens (including phenoxy) is 2. The number of hydrogen-bond acceptors (Lipinski definition) is 5. The molecule has 164 valence electrons. The van der Waals surface area contributed by atoms with E-state index >= 15 is 0 Å². The monoisotopic (exact) mass is 477 g/mol. The molecule has 6 nitrogen and oxygen atoms in total. The summed E-state index contributed by atoms with van der Waals surface area (Å²) < 4.78 is 11.3. The van der Waals surface area contributed by atoms with E-state index in [4.69, 9.17) is 32.7 Å². The number of benzene rings is 3. The summed E-state index contributed by atoms with van der Waals surface area (Å²) >= 11 is 12.1. The number of hydrogen-bond donors (Lipinski definition) is 1. The van der Waals surface area contributed by atoms with Crippen molar-refractivity contribution in [3.8, 4) is 17.6 Å². The van der Waals surface area contributed by atoms with Crippen LogP contribution in [-0.4, -0.2) is 17.1 Å². The van der Waals surface area contributed by atoms with Gasteiger partial charge in [0.2, 0.25) is 0 Å². The number of nitrogens with one attached hydrogen (secondary N) is 1. The highest BCUT2D eigenvalue weighted by molar-refractivity contribution is 6.35. The van der Waals surface area contributed by atoms with Crippen LogP contribution in [0.2, 0.25) is 10.0 Å². The van der Waals surface area contributed by atoms with Crippen molar-refractivity contribution in [1.82, 2.24) is 9.97 Å². The molecule has 0 atom stereocenters. The molecule has 0 aliphatic rings. The number of nitriles is 1. The number of halogens is 2. The Morgan fingerprint density at radius 1 is 1.12 bits per heavy atom. The second-order valence-corrected chi connectivity index (χ2v) is 7.88. The van der Waals surface area contributed by atoms with Crippen molar-refractivity contribution in [2.45, 2.75) is 6.61 Å². The molecule has 1 N–H and O–H groups in total. The topological polar surface area (TPSA) is 88.0 Å². The average molecular weight is 478 g/mol. The molecule has 0 saturated carbocycles. The lowest BCUT2D eigenvalue weighted by molar-refractivity contribution is 0.284. The van der Waals surface area contributed by atoms with Gasteiger partial charge in [0.1, 0.15) is 12.7 Å². The van der Waals surface area contributed by atoms with Crippen molar-refractivity contribution < 1.29 is 9.47 Å². The Labute approximate surface area is 199 Å². The molecule has 33 heavy (non-hydrogen) atoms. The minimum Gasteiger partial charge on any atom is -0.493 e. The molecule has 0 saturated heterocycles. The van der Waals surface area contributed by atoms with Crippen LogP contribution in [-0.2, 0) is 6.61 Å². The molecule has 1 heterocycles. The van der Waals surface area contributed by atoms with E-state index in [1.807, 2.05) is 0 Å². The molecule has 8 heteroatoms. The van der Waals surface area contributed by atoms with Crippen LogP contribution in [0.1, 0.15) is 17.0 Å². The van der Waals surface area contributed by atoms with E-state index in [9.17, 15) is 10.1 Å². The van der Waals surface area contributed by atoms with Gasteiger partial charge in [-0.25, -0.2) is 4.98 Å². The summed E-state index contributed by atoms with van der Waals surface area (Å²) in [5.41, 5.74) is 1.88. The van der Waals surface area contributed by atoms with Crippen LogP contribution in [0.25, 0.3) is 22.6 Å². The number of allylic oxidation sites excluding steroid dienone is 1. The first-order valence-electron chi connectivity index (χ1n) is 9.84. The van der Waals surface area contributed by atoms with Crippen LogP contribution in [0.3, 0.4) is 0 Å². The fraction of sp³-hybridized carbons (Fsp3) is 0.0800. The maximum absolute atomic E-state index is 12.4. The van der Waals surface area contributed by atoms with E-state index in [0.29, 0.717) is 38.0 Å². The molecule has 0 aliphatic heterocycles. The van der Waals surface area contributed by atoms with Gasteiger partial charge < -0.3 is 14.5 Å². The van der Waals surface area contributed by atoms with Crippen molar-refractivity contribution in [1.29, 1.82) is 5.26 Å². The Kier molecular flexibility index (Phi) is 6.64. The van der Waals surface area contributed by atoms with Crippen molar-refractivity contribution >= 4 is 45.8 Å². The zero-order chi connectivity index (χ0) is 23.4. The van der Waals surface area contributed by atoms with Gasteiger partial charge in [0.05, 0.1) is 23.6 Å². The first-order valence-corrected chi connectivity index (χ1v) is 10.6. The van der Waals surface area contributed by atoms with Crippen LogP contribution >= 0.6 is 23.2 Å². The SMILES string of the molecule is COc1cc(C=C(C#N)c2nc3ccccc3c(=O)[nH]2)ccc1OCc1ccc(Cl)cc1Cl. The normalized spacial score (nSPS) is 11.3. The van der Waals surface area contributed by atoms with Gasteiger partial charge in [-0.2, -0.15) is 5.26 Å².